The molecule has 3 heteroatoms. The van der Waals surface area contributed by atoms with E-state index in [-0.39, 0.29) is 0 Å². The molecule has 0 N–H and O–H groups in total. The van der Waals surface area contributed by atoms with Crippen LogP contribution in [0.25, 0.3) is 5.57 Å². The fourth-order valence-electron chi connectivity index (χ4n) is 1.86. The smallest absolute Gasteiger partial charge is 0.166 e. The predicted octanol–water partition coefficient (Wildman–Crippen LogP) is 4.68. The van der Waals surface area contributed by atoms with E-state index in [1.807, 2.05) is 13.0 Å². The molecule has 1 atom stereocenters. The summed E-state index contributed by atoms with van der Waals surface area (Å²) in [4.78, 5) is 0. The molecule has 0 nitrogen and oxygen atoms in total. The van der Waals surface area contributed by atoms with E-state index in [1.165, 1.54) is 17.7 Å². The normalized spacial score (nSPS) is 20.2. The molecule has 0 spiro atoms. The molecule has 17 heavy (non-hydrogen) atoms. The van der Waals surface area contributed by atoms with E-state index in [0.717, 1.165) is 23.3 Å². The highest BCUT2D eigenvalue weighted by molar-refractivity contribution is 5.78. The van der Waals surface area contributed by atoms with Crippen molar-refractivity contribution >= 4 is 5.57 Å². The fraction of sp³-hybridized carbons (Fsp3) is 0.286. The molecule has 0 amide bonds. The van der Waals surface area contributed by atoms with Crippen molar-refractivity contribution in [3.05, 3.63) is 53.1 Å². The number of allylic oxidation sites excluding steroid dienone is 4. The Hall–Kier alpha value is -1.51. The van der Waals surface area contributed by atoms with Crippen LogP contribution >= 0.6 is 0 Å². The van der Waals surface area contributed by atoms with E-state index in [1.54, 1.807) is 0 Å². The Morgan fingerprint density at radius 2 is 1.65 bits per heavy atom. The van der Waals surface area contributed by atoms with Crippen molar-refractivity contribution < 1.29 is 13.2 Å². The minimum absolute atomic E-state index is 0.368. The Bertz CT molecular complexity index is 475. The first-order chi connectivity index (χ1) is 7.88. The minimum Gasteiger partial charge on any atom is -0.166 e. The molecule has 1 aliphatic rings. The number of alkyl halides is 3. The summed E-state index contributed by atoms with van der Waals surface area (Å²) < 4.78 is 37.2. The lowest BCUT2D eigenvalue weighted by Gasteiger charge is -2.07. The van der Waals surface area contributed by atoms with Crippen LogP contribution in [-0.2, 0) is 6.18 Å². The second kappa shape index (κ2) is 4.06. The minimum atomic E-state index is -4.26. The van der Waals surface area contributed by atoms with Gasteiger partial charge in [0.05, 0.1) is 5.56 Å². The van der Waals surface area contributed by atoms with Gasteiger partial charge in [-0.25, -0.2) is 0 Å². The lowest BCUT2D eigenvalue weighted by Crippen LogP contribution is -2.04. The molecule has 1 unspecified atom stereocenters. The maximum atomic E-state index is 12.4. The van der Waals surface area contributed by atoms with E-state index in [9.17, 15) is 13.2 Å². The average molecular weight is 238 g/mol. The molecule has 0 aromatic heterocycles. The van der Waals surface area contributed by atoms with Gasteiger partial charge < -0.3 is 0 Å². The zero-order valence-corrected chi connectivity index (χ0v) is 9.68. The molecule has 0 heterocycles. The first-order valence-electron chi connectivity index (χ1n) is 5.45. The van der Waals surface area contributed by atoms with Crippen LogP contribution in [0.5, 0.6) is 0 Å². The van der Waals surface area contributed by atoms with Crippen LogP contribution < -0.4 is 0 Å². The van der Waals surface area contributed by atoms with Crippen LogP contribution in [0.1, 0.15) is 25.0 Å². The molecule has 90 valence electrons. The Labute approximate surface area is 98.5 Å². The maximum Gasteiger partial charge on any atom is 0.416 e. The summed E-state index contributed by atoms with van der Waals surface area (Å²) in [6, 6.07) is 5.30. The molecular formula is C14H13F3. The van der Waals surface area contributed by atoms with Gasteiger partial charge in [-0.1, -0.05) is 36.8 Å². The highest BCUT2D eigenvalue weighted by Crippen LogP contribution is 2.33. The zero-order chi connectivity index (χ0) is 12.6. The molecule has 0 aliphatic heterocycles. The van der Waals surface area contributed by atoms with Gasteiger partial charge in [-0.15, -0.1) is 0 Å². The fourth-order valence-corrected chi connectivity index (χ4v) is 1.86. The van der Waals surface area contributed by atoms with Crippen LogP contribution in [0.4, 0.5) is 13.2 Å². The summed E-state index contributed by atoms with van der Waals surface area (Å²) >= 11 is 0. The van der Waals surface area contributed by atoms with E-state index in [0.29, 0.717) is 5.92 Å². The second-order valence-electron chi connectivity index (χ2n) is 4.37. The van der Waals surface area contributed by atoms with Gasteiger partial charge in [0, 0.05) is 0 Å². The summed E-state index contributed by atoms with van der Waals surface area (Å²) in [6.45, 7) is 4.10. The van der Waals surface area contributed by atoms with Gasteiger partial charge in [0.1, 0.15) is 0 Å². The number of hydrogen-bond acceptors (Lipinski definition) is 0. The highest BCUT2D eigenvalue weighted by Gasteiger charge is 2.30. The van der Waals surface area contributed by atoms with Gasteiger partial charge >= 0.3 is 6.18 Å². The quantitative estimate of drug-likeness (QED) is 0.666. The lowest BCUT2D eigenvalue weighted by molar-refractivity contribution is -0.137. The van der Waals surface area contributed by atoms with E-state index in [2.05, 4.69) is 13.0 Å². The Morgan fingerprint density at radius 1 is 1.06 bits per heavy atom. The summed E-state index contributed by atoms with van der Waals surface area (Å²) in [5.41, 5.74) is 2.47. The van der Waals surface area contributed by atoms with Gasteiger partial charge in [0.15, 0.2) is 0 Å². The zero-order valence-electron chi connectivity index (χ0n) is 9.68. The standard InChI is InChI=1S/C14H13F3/c1-9-7-12(8-10(9)2)11-3-5-13(6-4-11)14(15,16)17/h3-9H,1-2H3. The van der Waals surface area contributed by atoms with Gasteiger partial charge in [0.25, 0.3) is 0 Å². The summed E-state index contributed by atoms with van der Waals surface area (Å²) in [6.07, 6.45) is -0.174. The number of rotatable bonds is 1. The molecule has 0 radical (unpaired) electrons. The van der Waals surface area contributed by atoms with Crippen molar-refractivity contribution in [2.45, 2.75) is 20.0 Å². The van der Waals surface area contributed by atoms with Gasteiger partial charge in [0.2, 0.25) is 0 Å². The lowest BCUT2D eigenvalue weighted by atomic mass is 10.0. The van der Waals surface area contributed by atoms with Crippen LogP contribution in [0.15, 0.2) is 42.0 Å². The molecule has 0 saturated carbocycles. The molecule has 2 rings (SSSR count). The van der Waals surface area contributed by atoms with Crippen molar-refractivity contribution in [1.29, 1.82) is 0 Å². The summed E-state index contributed by atoms with van der Waals surface area (Å²) in [5, 5.41) is 0. The van der Waals surface area contributed by atoms with Crippen molar-refractivity contribution in [2.75, 3.05) is 0 Å². The average Bonchev–Trinajstić information content (AvgIpc) is 2.58. The number of benzene rings is 1. The van der Waals surface area contributed by atoms with Crippen LogP contribution in [0.3, 0.4) is 0 Å². The third-order valence-corrected chi connectivity index (χ3v) is 3.08. The SMILES string of the molecule is CC1=CC(c2ccc(C(F)(F)F)cc2)=CC1C. The third-order valence-electron chi connectivity index (χ3n) is 3.08. The number of halogens is 3. The molecule has 1 aromatic carbocycles. The highest BCUT2D eigenvalue weighted by atomic mass is 19.4. The molecule has 1 aliphatic carbocycles. The maximum absolute atomic E-state index is 12.4. The van der Waals surface area contributed by atoms with E-state index in [4.69, 9.17) is 0 Å². The molecule has 0 fully saturated rings. The monoisotopic (exact) mass is 238 g/mol. The van der Waals surface area contributed by atoms with Gasteiger partial charge in [-0.2, -0.15) is 13.2 Å². The third kappa shape index (κ3) is 2.43. The summed E-state index contributed by atoms with van der Waals surface area (Å²) in [7, 11) is 0. The van der Waals surface area contributed by atoms with Crippen molar-refractivity contribution in [3.8, 4) is 0 Å². The summed E-state index contributed by atoms with van der Waals surface area (Å²) in [5.74, 6) is 0.368. The molecule has 0 saturated heterocycles. The Morgan fingerprint density at radius 3 is 2.06 bits per heavy atom. The van der Waals surface area contributed by atoms with Crippen molar-refractivity contribution in [2.24, 2.45) is 5.92 Å². The van der Waals surface area contributed by atoms with Crippen molar-refractivity contribution in [3.63, 3.8) is 0 Å². The Balaban J connectivity index is 2.29. The largest absolute Gasteiger partial charge is 0.416 e. The predicted molar refractivity (Wildman–Crippen MR) is 62.3 cm³/mol. The molecule has 0 bridgehead atoms. The Kier molecular flexibility index (Phi) is 2.86. The van der Waals surface area contributed by atoms with Crippen molar-refractivity contribution in [1.82, 2.24) is 0 Å². The molecule has 1 aromatic rings. The van der Waals surface area contributed by atoms with Crippen LogP contribution in [0.2, 0.25) is 0 Å². The first-order valence-corrected chi connectivity index (χ1v) is 5.45. The van der Waals surface area contributed by atoms with Gasteiger partial charge in [-0.05, 0) is 36.1 Å². The molecular weight excluding hydrogens is 225 g/mol. The van der Waals surface area contributed by atoms with Crippen LogP contribution in [0, 0.1) is 5.92 Å². The van der Waals surface area contributed by atoms with Gasteiger partial charge in [-0.3, -0.25) is 0 Å². The van der Waals surface area contributed by atoms with E-state index >= 15 is 0 Å². The number of hydrogen-bond donors (Lipinski definition) is 0. The van der Waals surface area contributed by atoms with Crippen LogP contribution in [-0.4, -0.2) is 0 Å². The second-order valence-corrected chi connectivity index (χ2v) is 4.37. The topological polar surface area (TPSA) is 0 Å². The first kappa shape index (κ1) is 12.0. The van der Waals surface area contributed by atoms with E-state index < -0.39 is 11.7 Å².